The number of aromatic nitrogens is 2. The molecule has 2 saturated heterocycles. The maximum absolute atomic E-state index is 6.38. The number of aryl methyl sites for hydroxylation is 2. The molecule has 2 aliphatic heterocycles. The molecule has 2 unspecified atom stereocenters. The number of nitrogens with zero attached hydrogens (tertiary/aromatic N) is 3. The second-order valence-electron chi connectivity index (χ2n) is 6.53. The molecule has 3 heterocycles. The molecule has 0 bridgehead atoms. The van der Waals surface area contributed by atoms with Crippen molar-refractivity contribution in [3.8, 4) is 0 Å². The minimum absolute atomic E-state index is 0.232. The van der Waals surface area contributed by atoms with E-state index in [1.807, 2.05) is 18.7 Å². The van der Waals surface area contributed by atoms with Crippen LogP contribution in [0.2, 0.25) is 5.02 Å². The van der Waals surface area contributed by atoms with E-state index in [0.717, 1.165) is 54.4 Å². The highest BCUT2D eigenvalue weighted by Gasteiger charge is 2.49. The smallest absolute Gasteiger partial charge is 0.0860 e. The van der Waals surface area contributed by atoms with E-state index in [4.69, 9.17) is 11.6 Å². The Kier molecular flexibility index (Phi) is 3.15. The fraction of sp³-hybridized carbons (Fsp3) is 0.786. The molecule has 1 aromatic heterocycles. The Labute approximate surface area is 120 Å². The summed E-state index contributed by atoms with van der Waals surface area (Å²) >= 11 is 6.38. The van der Waals surface area contributed by atoms with Crippen LogP contribution in [0.4, 0.5) is 0 Å². The lowest BCUT2D eigenvalue weighted by Crippen LogP contribution is -2.44. The Morgan fingerprint density at radius 1 is 1.42 bits per heavy atom. The molecule has 4 nitrogen and oxygen atoms in total. The summed E-state index contributed by atoms with van der Waals surface area (Å²) in [6, 6.07) is 0. The fourth-order valence-corrected chi connectivity index (χ4v) is 4.03. The maximum atomic E-state index is 6.38. The molecule has 2 aliphatic rings. The van der Waals surface area contributed by atoms with Crippen LogP contribution in [-0.4, -0.2) is 39.9 Å². The molecule has 3 rings (SSSR count). The summed E-state index contributed by atoms with van der Waals surface area (Å²) in [4.78, 5) is 2.57. The predicted molar refractivity (Wildman–Crippen MR) is 77.3 cm³/mol. The molecule has 0 aliphatic carbocycles. The zero-order valence-electron chi connectivity index (χ0n) is 12.2. The highest BCUT2D eigenvalue weighted by Crippen LogP contribution is 2.41. The summed E-state index contributed by atoms with van der Waals surface area (Å²) < 4.78 is 1.93. The summed E-state index contributed by atoms with van der Waals surface area (Å²) in [6.07, 6.45) is 0. The van der Waals surface area contributed by atoms with Crippen LogP contribution in [0, 0.1) is 18.8 Å². The second kappa shape index (κ2) is 4.47. The average molecular weight is 283 g/mol. The van der Waals surface area contributed by atoms with E-state index in [-0.39, 0.29) is 5.54 Å². The van der Waals surface area contributed by atoms with Crippen molar-refractivity contribution in [1.82, 2.24) is 20.0 Å². The molecule has 0 amide bonds. The summed E-state index contributed by atoms with van der Waals surface area (Å²) in [5.74, 6) is 1.53. The first-order valence-electron chi connectivity index (χ1n) is 7.05. The molecule has 0 saturated carbocycles. The van der Waals surface area contributed by atoms with Gasteiger partial charge in [-0.1, -0.05) is 11.6 Å². The van der Waals surface area contributed by atoms with E-state index in [9.17, 15) is 0 Å². The van der Waals surface area contributed by atoms with Gasteiger partial charge in [0, 0.05) is 32.2 Å². The van der Waals surface area contributed by atoms with E-state index in [1.54, 1.807) is 0 Å². The van der Waals surface area contributed by atoms with E-state index < -0.39 is 0 Å². The van der Waals surface area contributed by atoms with E-state index in [0.29, 0.717) is 0 Å². The fourth-order valence-electron chi connectivity index (χ4n) is 3.81. The zero-order valence-corrected chi connectivity index (χ0v) is 13.0. The third-order valence-electron chi connectivity index (χ3n) is 5.12. The third kappa shape index (κ3) is 2.01. The standard InChI is InChI=1S/C14H23ClN4/c1-9-13(15)12(18(4)17-9)8-19-7-10-5-16-6-11(10)14(19,2)3/h10-11,16H,5-8H2,1-4H3. The largest absolute Gasteiger partial charge is 0.316 e. The molecule has 0 radical (unpaired) electrons. The van der Waals surface area contributed by atoms with Crippen LogP contribution >= 0.6 is 11.6 Å². The SMILES string of the molecule is Cc1nn(C)c(CN2CC3CNCC3C2(C)C)c1Cl. The number of halogens is 1. The molecule has 19 heavy (non-hydrogen) atoms. The first-order valence-corrected chi connectivity index (χ1v) is 7.42. The van der Waals surface area contributed by atoms with E-state index in [2.05, 4.69) is 29.2 Å². The van der Waals surface area contributed by atoms with Crippen LogP contribution in [0.3, 0.4) is 0 Å². The third-order valence-corrected chi connectivity index (χ3v) is 5.61. The minimum Gasteiger partial charge on any atom is -0.316 e. The number of hydrogen-bond acceptors (Lipinski definition) is 3. The van der Waals surface area contributed by atoms with Gasteiger partial charge in [0.05, 0.1) is 16.4 Å². The first kappa shape index (κ1) is 13.4. The topological polar surface area (TPSA) is 33.1 Å². The van der Waals surface area contributed by atoms with Crippen molar-refractivity contribution < 1.29 is 0 Å². The molecule has 0 spiro atoms. The quantitative estimate of drug-likeness (QED) is 0.898. The van der Waals surface area contributed by atoms with Crippen LogP contribution < -0.4 is 5.32 Å². The van der Waals surface area contributed by atoms with Crippen LogP contribution in [-0.2, 0) is 13.6 Å². The van der Waals surface area contributed by atoms with Crippen molar-refractivity contribution in [2.24, 2.45) is 18.9 Å². The van der Waals surface area contributed by atoms with Gasteiger partial charge in [0.15, 0.2) is 0 Å². The Morgan fingerprint density at radius 3 is 2.74 bits per heavy atom. The highest BCUT2D eigenvalue weighted by molar-refractivity contribution is 6.31. The number of rotatable bonds is 2. The summed E-state index contributed by atoms with van der Waals surface area (Å²) in [7, 11) is 1.99. The zero-order chi connectivity index (χ0) is 13.8. The van der Waals surface area contributed by atoms with Gasteiger partial charge in [0.25, 0.3) is 0 Å². The Balaban J connectivity index is 1.84. The van der Waals surface area contributed by atoms with Gasteiger partial charge in [0.2, 0.25) is 0 Å². The molecule has 0 aromatic carbocycles. The van der Waals surface area contributed by atoms with Crippen LogP contribution in [0.5, 0.6) is 0 Å². The van der Waals surface area contributed by atoms with Gasteiger partial charge < -0.3 is 5.32 Å². The van der Waals surface area contributed by atoms with Gasteiger partial charge in [-0.3, -0.25) is 9.58 Å². The van der Waals surface area contributed by atoms with Crippen molar-refractivity contribution in [3.05, 3.63) is 16.4 Å². The molecular weight excluding hydrogens is 260 g/mol. The monoisotopic (exact) mass is 282 g/mol. The Morgan fingerprint density at radius 2 is 2.16 bits per heavy atom. The number of nitrogens with one attached hydrogen (secondary N) is 1. The number of fused-ring (bicyclic) bond motifs is 1. The molecule has 106 valence electrons. The normalized spacial score (nSPS) is 29.9. The molecule has 2 fully saturated rings. The minimum atomic E-state index is 0.232. The van der Waals surface area contributed by atoms with Crippen LogP contribution in [0.1, 0.15) is 25.2 Å². The van der Waals surface area contributed by atoms with Crippen molar-refractivity contribution in [2.45, 2.75) is 32.9 Å². The maximum Gasteiger partial charge on any atom is 0.0860 e. The molecule has 1 N–H and O–H groups in total. The molecule has 2 atom stereocenters. The predicted octanol–water partition coefficient (Wildman–Crippen LogP) is 1.81. The van der Waals surface area contributed by atoms with Gasteiger partial charge in [0.1, 0.15) is 0 Å². The Bertz CT molecular complexity index is 494. The molecular formula is C14H23ClN4. The van der Waals surface area contributed by atoms with E-state index in [1.165, 1.54) is 0 Å². The van der Waals surface area contributed by atoms with Crippen molar-refractivity contribution in [1.29, 1.82) is 0 Å². The number of hydrogen-bond donors (Lipinski definition) is 1. The summed E-state index contributed by atoms with van der Waals surface area (Å²) in [5, 5.41) is 8.77. The number of likely N-dealkylation sites (tertiary alicyclic amines) is 1. The van der Waals surface area contributed by atoms with Crippen molar-refractivity contribution >= 4 is 11.6 Å². The van der Waals surface area contributed by atoms with Gasteiger partial charge in [-0.25, -0.2) is 0 Å². The summed E-state index contributed by atoms with van der Waals surface area (Å²) in [5.41, 5.74) is 2.30. The highest BCUT2D eigenvalue weighted by atomic mass is 35.5. The molecule has 5 heteroatoms. The van der Waals surface area contributed by atoms with Crippen LogP contribution in [0.25, 0.3) is 0 Å². The Hall–Kier alpha value is -0.580. The van der Waals surface area contributed by atoms with Gasteiger partial charge in [-0.05, 0) is 39.2 Å². The second-order valence-corrected chi connectivity index (χ2v) is 6.91. The average Bonchev–Trinajstić information content (AvgIpc) is 2.94. The first-order chi connectivity index (χ1) is 8.91. The van der Waals surface area contributed by atoms with Crippen molar-refractivity contribution in [3.63, 3.8) is 0 Å². The molecule has 1 aromatic rings. The van der Waals surface area contributed by atoms with Crippen molar-refractivity contribution in [2.75, 3.05) is 19.6 Å². The lowest BCUT2D eigenvalue weighted by molar-refractivity contribution is 0.129. The lowest BCUT2D eigenvalue weighted by atomic mass is 9.85. The lowest BCUT2D eigenvalue weighted by Gasteiger charge is -2.35. The summed E-state index contributed by atoms with van der Waals surface area (Å²) in [6.45, 7) is 11.1. The van der Waals surface area contributed by atoms with E-state index >= 15 is 0 Å². The van der Waals surface area contributed by atoms with Gasteiger partial charge in [-0.2, -0.15) is 5.10 Å². The van der Waals surface area contributed by atoms with Gasteiger partial charge in [-0.15, -0.1) is 0 Å². The van der Waals surface area contributed by atoms with Crippen LogP contribution in [0.15, 0.2) is 0 Å². The van der Waals surface area contributed by atoms with Gasteiger partial charge >= 0.3 is 0 Å².